The molecule has 0 bridgehead atoms. The fraction of sp³-hybridized carbons (Fsp3) is 0.562. The Balaban J connectivity index is 2.33. The second-order valence-corrected chi connectivity index (χ2v) is 5.31. The monoisotopic (exact) mass is 278 g/mol. The molecule has 4 nitrogen and oxygen atoms in total. The Hall–Kier alpha value is -1.39. The number of hydrogen-bond acceptors (Lipinski definition) is 4. The molecule has 0 aromatic heterocycles. The summed E-state index contributed by atoms with van der Waals surface area (Å²) in [6.07, 6.45) is 0.898. The van der Waals surface area contributed by atoms with Gasteiger partial charge in [-0.05, 0) is 19.4 Å². The van der Waals surface area contributed by atoms with Gasteiger partial charge in [-0.2, -0.15) is 0 Å². The average Bonchev–Trinajstić information content (AvgIpc) is 2.42. The van der Waals surface area contributed by atoms with Crippen LogP contribution >= 0.6 is 0 Å². The molecule has 1 heterocycles. The molecule has 1 aromatic rings. The molecule has 2 rings (SSSR count). The highest BCUT2D eigenvalue weighted by Gasteiger charge is 2.44. The predicted octanol–water partition coefficient (Wildman–Crippen LogP) is 2.18. The van der Waals surface area contributed by atoms with E-state index >= 15 is 0 Å². The van der Waals surface area contributed by atoms with Gasteiger partial charge in [-0.3, -0.25) is 4.79 Å². The van der Waals surface area contributed by atoms with Crippen molar-refractivity contribution >= 4 is 5.97 Å². The zero-order valence-corrected chi connectivity index (χ0v) is 12.1. The van der Waals surface area contributed by atoms with Crippen molar-refractivity contribution < 1.29 is 19.4 Å². The second-order valence-electron chi connectivity index (χ2n) is 5.31. The molecule has 0 spiro atoms. The number of rotatable bonds is 4. The van der Waals surface area contributed by atoms with E-state index in [0.29, 0.717) is 32.7 Å². The number of ether oxygens (including phenoxy) is 2. The maximum Gasteiger partial charge on any atom is 0.316 e. The van der Waals surface area contributed by atoms with E-state index in [4.69, 9.17) is 9.47 Å². The summed E-state index contributed by atoms with van der Waals surface area (Å²) in [7, 11) is 0. The van der Waals surface area contributed by atoms with Crippen molar-refractivity contribution in [3.8, 4) is 0 Å². The Bertz CT molecular complexity index is 446. The van der Waals surface area contributed by atoms with Crippen molar-refractivity contribution in [3.63, 3.8) is 0 Å². The van der Waals surface area contributed by atoms with E-state index in [1.807, 2.05) is 31.2 Å². The summed E-state index contributed by atoms with van der Waals surface area (Å²) in [5.41, 5.74) is 0.841. The fourth-order valence-corrected chi connectivity index (χ4v) is 2.66. The van der Waals surface area contributed by atoms with Gasteiger partial charge in [0.2, 0.25) is 0 Å². The maximum atomic E-state index is 12.3. The zero-order chi connectivity index (χ0) is 14.6. The number of carbonyl (C=O) groups is 1. The van der Waals surface area contributed by atoms with Gasteiger partial charge in [0.15, 0.2) is 0 Å². The highest BCUT2D eigenvalue weighted by Crippen LogP contribution is 2.37. The molecule has 1 N–H and O–H groups in total. The van der Waals surface area contributed by atoms with Crippen molar-refractivity contribution in [1.29, 1.82) is 0 Å². The molecule has 4 heteroatoms. The van der Waals surface area contributed by atoms with E-state index in [1.165, 1.54) is 0 Å². The summed E-state index contributed by atoms with van der Waals surface area (Å²) in [6, 6.07) is 7.68. The second kappa shape index (κ2) is 6.37. The number of carbonyl (C=O) groups excluding carboxylic acids is 1. The van der Waals surface area contributed by atoms with Crippen molar-refractivity contribution in [2.24, 2.45) is 0 Å². The van der Waals surface area contributed by atoms with Gasteiger partial charge in [0.1, 0.15) is 5.92 Å². The SMILES string of the molecule is CCOC(=O)C(c1ccc(C)cc1)C1(O)CCOCC1. The van der Waals surface area contributed by atoms with Crippen molar-refractivity contribution in [1.82, 2.24) is 0 Å². The molecule has 1 aromatic carbocycles. The molecular formula is C16H22O4. The zero-order valence-electron chi connectivity index (χ0n) is 12.1. The number of aryl methyl sites for hydroxylation is 1. The first kappa shape index (κ1) is 15.0. The van der Waals surface area contributed by atoms with Crippen LogP contribution in [0.5, 0.6) is 0 Å². The highest BCUT2D eigenvalue weighted by molar-refractivity contribution is 5.80. The molecule has 1 aliphatic rings. The van der Waals surface area contributed by atoms with E-state index in [2.05, 4.69) is 0 Å². The van der Waals surface area contributed by atoms with Crippen LogP contribution in [0.1, 0.15) is 36.8 Å². The Morgan fingerprint density at radius 3 is 2.50 bits per heavy atom. The van der Waals surface area contributed by atoms with Gasteiger partial charge in [-0.1, -0.05) is 29.8 Å². The molecule has 1 atom stereocenters. The first-order chi connectivity index (χ1) is 9.57. The van der Waals surface area contributed by atoms with Crippen LogP contribution in [0.3, 0.4) is 0 Å². The number of esters is 1. The lowest BCUT2D eigenvalue weighted by Gasteiger charge is -2.37. The smallest absolute Gasteiger partial charge is 0.316 e. The Morgan fingerprint density at radius 1 is 1.35 bits per heavy atom. The minimum absolute atomic E-state index is 0.313. The summed E-state index contributed by atoms with van der Waals surface area (Å²) < 4.78 is 10.5. The number of benzene rings is 1. The fourth-order valence-electron chi connectivity index (χ4n) is 2.66. The third-order valence-corrected chi connectivity index (χ3v) is 3.83. The van der Waals surface area contributed by atoms with Crippen LogP contribution in [0.2, 0.25) is 0 Å². The van der Waals surface area contributed by atoms with Crippen molar-refractivity contribution in [3.05, 3.63) is 35.4 Å². The molecule has 0 saturated carbocycles. The lowest BCUT2D eigenvalue weighted by Crippen LogP contribution is -2.45. The summed E-state index contributed by atoms with van der Waals surface area (Å²) in [4.78, 5) is 12.3. The van der Waals surface area contributed by atoms with Crippen LogP contribution in [0, 0.1) is 6.92 Å². The summed E-state index contributed by atoms with van der Waals surface area (Å²) in [5.74, 6) is -1.01. The lowest BCUT2D eigenvalue weighted by atomic mass is 9.77. The van der Waals surface area contributed by atoms with Crippen LogP contribution in [-0.4, -0.2) is 36.5 Å². The average molecular weight is 278 g/mol. The van der Waals surface area contributed by atoms with Gasteiger partial charge in [0.05, 0.1) is 12.2 Å². The van der Waals surface area contributed by atoms with Crippen molar-refractivity contribution in [2.75, 3.05) is 19.8 Å². The van der Waals surface area contributed by atoms with Crippen LogP contribution in [0.15, 0.2) is 24.3 Å². The van der Waals surface area contributed by atoms with Gasteiger partial charge in [-0.25, -0.2) is 0 Å². The normalized spacial score (nSPS) is 19.4. The molecule has 0 amide bonds. The Morgan fingerprint density at radius 2 is 1.95 bits per heavy atom. The molecule has 1 unspecified atom stereocenters. The van der Waals surface area contributed by atoms with Crippen LogP contribution in [-0.2, 0) is 14.3 Å². The van der Waals surface area contributed by atoms with Crippen LogP contribution in [0.25, 0.3) is 0 Å². The molecule has 0 radical (unpaired) electrons. The number of hydrogen-bond donors (Lipinski definition) is 1. The standard InChI is InChI=1S/C16H22O4/c1-3-20-15(17)14(13-6-4-12(2)5-7-13)16(18)8-10-19-11-9-16/h4-7,14,18H,3,8-11H2,1-2H3. The van der Waals surface area contributed by atoms with Gasteiger partial charge >= 0.3 is 5.97 Å². The minimum Gasteiger partial charge on any atom is -0.465 e. The molecule has 1 saturated heterocycles. The van der Waals surface area contributed by atoms with Gasteiger partial charge < -0.3 is 14.6 Å². The van der Waals surface area contributed by atoms with Gasteiger partial charge in [0, 0.05) is 26.1 Å². The highest BCUT2D eigenvalue weighted by atomic mass is 16.5. The van der Waals surface area contributed by atoms with Crippen LogP contribution < -0.4 is 0 Å². The maximum absolute atomic E-state index is 12.3. The molecule has 0 aliphatic carbocycles. The first-order valence-electron chi connectivity index (χ1n) is 7.10. The molecule has 20 heavy (non-hydrogen) atoms. The van der Waals surface area contributed by atoms with Gasteiger partial charge in [0.25, 0.3) is 0 Å². The molecular weight excluding hydrogens is 256 g/mol. The third kappa shape index (κ3) is 3.19. The lowest BCUT2D eigenvalue weighted by molar-refractivity contribution is -0.157. The quantitative estimate of drug-likeness (QED) is 0.858. The topological polar surface area (TPSA) is 55.8 Å². The molecule has 1 aliphatic heterocycles. The predicted molar refractivity (Wildman–Crippen MR) is 75.6 cm³/mol. The Kier molecular flexibility index (Phi) is 4.78. The molecule has 1 fully saturated rings. The summed E-state index contributed by atoms with van der Waals surface area (Å²) in [5, 5.41) is 10.9. The summed E-state index contributed by atoms with van der Waals surface area (Å²) >= 11 is 0. The number of aliphatic hydroxyl groups is 1. The largest absolute Gasteiger partial charge is 0.465 e. The first-order valence-corrected chi connectivity index (χ1v) is 7.10. The Labute approximate surface area is 119 Å². The van der Waals surface area contributed by atoms with Gasteiger partial charge in [-0.15, -0.1) is 0 Å². The minimum atomic E-state index is -1.08. The van der Waals surface area contributed by atoms with Crippen LogP contribution in [0.4, 0.5) is 0 Å². The van der Waals surface area contributed by atoms with E-state index in [1.54, 1.807) is 6.92 Å². The van der Waals surface area contributed by atoms with E-state index in [0.717, 1.165) is 11.1 Å². The van der Waals surface area contributed by atoms with E-state index in [9.17, 15) is 9.90 Å². The summed E-state index contributed by atoms with van der Waals surface area (Å²) in [6.45, 7) is 5.02. The van der Waals surface area contributed by atoms with E-state index < -0.39 is 11.5 Å². The van der Waals surface area contributed by atoms with E-state index in [-0.39, 0.29) is 5.97 Å². The molecule has 110 valence electrons. The third-order valence-electron chi connectivity index (χ3n) is 3.83. The van der Waals surface area contributed by atoms with Crippen molar-refractivity contribution in [2.45, 2.75) is 38.2 Å².